The van der Waals surface area contributed by atoms with Crippen LogP contribution in [-0.4, -0.2) is 22.2 Å². The Balaban J connectivity index is 0. The summed E-state index contributed by atoms with van der Waals surface area (Å²) >= 11 is 0. The Morgan fingerprint density at radius 3 is 1.32 bits per heavy atom. The number of carboxylic acid groups (broad SMARTS) is 2. The second-order valence-electron chi connectivity index (χ2n) is 5.70. The Kier molecular flexibility index (Phi) is 15.5. The summed E-state index contributed by atoms with van der Waals surface area (Å²) in [6, 6.07) is 9.25. The molecule has 0 fully saturated rings. The van der Waals surface area contributed by atoms with Crippen molar-refractivity contribution in [3.63, 3.8) is 0 Å². The molecule has 0 saturated heterocycles. The number of rotatable bonds is 6. The number of para-hydroxylation sites is 2. The molecule has 2 rings (SSSR count). The molecule has 0 amide bonds. The van der Waals surface area contributed by atoms with Gasteiger partial charge < -0.3 is 20.4 Å². The average Bonchev–Trinajstić information content (AvgIpc) is 2.59. The van der Waals surface area contributed by atoms with Gasteiger partial charge in [0.1, 0.15) is 0 Å². The molecule has 0 saturated carbocycles. The van der Waals surface area contributed by atoms with Gasteiger partial charge in [0, 0.05) is 0 Å². The van der Waals surface area contributed by atoms with E-state index in [1.54, 1.807) is 24.3 Å². The second-order valence-corrected chi connectivity index (χ2v) is 5.70. The zero-order chi connectivity index (χ0) is 19.7. The van der Waals surface area contributed by atoms with Crippen LogP contribution in [0.2, 0.25) is 0 Å². The summed E-state index contributed by atoms with van der Waals surface area (Å²) < 4.78 is 0. The van der Waals surface area contributed by atoms with Crippen LogP contribution < -0.4 is 69.3 Å². The van der Waals surface area contributed by atoms with E-state index in [4.69, 9.17) is 10.2 Å². The number of hydrogen-bond acceptors (Lipinski definition) is 4. The summed E-state index contributed by atoms with van der Waals surface area (Å²) in [7, 11) is 0. The summed E-state index contributed by atoms with van der Waals surface area (Å²) in [6.07, 6.45) is 2.97. The van der Waals surface area contributed by atoms with Crippen molar-refractivity contribution in [2.24, 2.45) is 0 Å². The van der Waals surface area contributed by atoms with Crippen molar-refractivity contribution in [1.82, 2.24) is 0 Å². The molecule has 0 atom stereocenters. The Bertz CT molecular complexity index is 712. The van der Waals surface area contributed by atoms with Gasteiger partial charge in [-0.2, -0.15) is 0 Å². The number of carbonyl (C=O) groups is 2. The first-order valence-corrected chi connectivity index (χ1v) is 8.37. The molecule has 2 N–H and O–H groups in total. The van der Waals surface area contributed by atoms with Gasteiger partial charge in [-0.1, -0.05) is 73.6 Å². The van der Waals surface area contributed by atoms with E-state index in [1.165, 1.54) is 12.1 Å². The molecule has 28 heavy (non-hydrogen) atoms. The van der Waals surface area contributed by atoms with Gasteiger partial charge >= 0.3 is 71.1 Å². The fraction of sp³-hybridized carbons (Fsp3) is 0.300. The summed E-state index contributed by atoms with van der Waals surface area (Å²) in [5.41, 5.74) is 0.904. The maximum Gasteiger partial charge on any atom is 1.00 e. The van der Waals surface area contributed by atoms with E-state index < -0.39 is 11.9 Å². The van der Waals surface area contributed by atoms with Crippen LogP contribution in [0.3, 0.4) is 0 Å². The van der Waals surface area contributed by atoms with Gasteiger partial charge in [-0.05, 0) is 25.0 Å². The van der Waals surface area contributed by atoms with E-state index >= 15 is 0 Å². The standard InChI is InChI=1S/2C10H12O3.2Na/c2*1-2-4-7-5-3-6-8(9(7)11)10(12)13;;/h2*3,5-6,11H,2,4H2,1H3,(H,12,13);;/q;;2*+1/p-2. The van der Waals surface area contributed by atoms with Gasteiger partial charge in [-0.3, -0.25) is 0 Å². The maximum absolute atomic E-state index is 11.4. The minimum atomic E-state index is -1.15. The molecular weight excluding hydrogens is 382 g/mol. The third-order valence-electron chi connectivity index (χ3n) is 3.69. The molecule has 6 nitrogen and oxygen atoms in total. The Labute approximate surface area is 209 Å². The van der Waals surface area contributed by atoms with E-state index in [2.05, 4.69) is 0 Å². The van der Waals surface area contributed by atoms with Crippen molar-refractivity contribution >= 4 is 11.9 Å². The van der Waals surface area contributed by atoms with E-state index in [9.17, 15) is 19.8 Å². The fourth-order valence-electron chi connectivity index (χ4n) is 2.44. The first-order valence-electron chi connectivity index (χ1n) is 8.37. The van der Waals surface area contributed by atoms with Gasteiger partial charge in [0.2, 0.25) is 0 Å². The van der Waals surface area contributed by atoms with Crippen LogP contribution in [0.1, 0.15) is 58.5 Å². The van der Waals surface area contributed by atoms with Gasteiger partial charge in [0.05, 0.1) is 11.1 Å². The zero-order valence-electron chi connectivity index (χ0n) is 16.8. The van der Waals surface area contributed by atoms with Crippen molar-refractivity contribution in [2.45, 2.75) is 39.5 Å². The number of carboxylic acids is 2. The molecule has 0 unspecified atom stereocenters. The molecule has 140 valence electrons. The molecule has 0 spiro atoms. The predicted molar refractivity (Wildman–Crippen MR) is 93.7 cm³/mol. The average molecular weight is 404 g/mol. The van der Waals surface area contributed by atoms with Crippen LogP contribution in [-0.2, 0) is 12.8 Å². The van der Waals surface area contributed by atoms with Gasteiger partial charge in [-0.25, -0.2) is 9.59 Å². The quantitative estimate of drug-likeness (QED) is 0.490. The van der Waals surface area contributed by atoms with E-state index in [0.717, 1.165) is 12.8 Å². The van der Waals surface area contributed by atoms with Crippen LogP contribution >= 0.6 is 0 Å². The van der Waals surface area contributed by atoms with E-state index in [0.29, 0.717) is 24.0 Å². The van der Waals surface area contributed by atoms with Crippen molar-refractivity contribution in [1.29, 1.82) is 0 Å². The van der Waals surface area contributed by atoms with Crippen molar-refractivity contribution in [3.05, 3.63) is 58.7 Å². The van der Waals surface area contributed by atoms with Crippen LogP contribution in [0.15, 0.2) is 36.4 Å². The molecule has 8 heteroatoms. The van der Waals surface area contributed by atoms with Crippen LogP contribution in [0, 0.1) is 0 Å². The summed E-state index contributed by atoms with van der Waals surface area (Å²) in [4.78, 5) is 21.2. The van der Waals surface area contributed by atoms with Crippen molar-refractivity contribution < 1.29 is 89.1 Å². The minimum absolute atomic E-state index is 0. The van der Waals surface area contributed by atoms with Crippen LogP contribution in [0.5, 0.6) is 11.5 Å². The molecule has 0 aromatic heterocycles. The molecule has 0 radical (unpaired) electrons. The summed E-state index contributed by atoms with van der Waals surface area (Å²) in [6.45, 7) is 3.90. The summed E-state index contributed by atoms with van der Waals surface area (Å²) in [5, 5.41) is 40.2. The first kappa shape index (κ1) is 29.2. The van der Waals surface area contributed by atoms with Gasteiger partial charge in [0.15, 0.2) is 0 Å². The molecule has 0 aliphatic heterocycles. The van der Waals surface area contributed by atoms with Gasteiger partial charge in [-0.15, -0.1) is 0 Å². The largest absolute Gasteiger partial charge is 1.00 e. The van der Waals surface area contributed by atoms with E-state index in [1.807, 2.05) is 13.8 Å². The molecule has 2 aromatic carbocycles. The number of hydrogen-bond donors (Lipinski definition) is 2. The Morgan fingerprint density at radius 1 is 0.750 bits per heavy atom. The number of aryl methyl sites for hydroxylation is 2. The number of benzene rings is 2. The van der Waals surface area contributed by atoms with Crippen LogP contribution in [0.25, 0.3) is 0 Å². The molecule has 2 aromatic rings. The normalized spacial score (nSPS) is 9.21. The van der Waals surface area contributed by atoms with Crippen molar-refractivity contribution in [3.8, 4) is 11.5 Å². The van der Waals surface area contributed by atoms with Crippen LogP contribution in [0.4, 0.5) is 0 Å². The topological polar surface area (TPSA) is 121 Å². The monoisotopic (exact) mass is 404 g/mol. The maximum atomic E-state index is 11.4. The molecular formula is C20H22Na2O6. The molecule has 0 aliphatic rings. The van der Waals surface area contributed by atoms with Gasteiger partial charge in [0.25, 0.3) is 0 Å². The molecule has 0 heterocycles. The number of aromatic carboxylic acids is 2. The molecule has 0 bridgehead atoms. The fourth-order valence-corrected chi connectivity index (χ4v) is 2.44. The summed E-state index contributed by atoms with van der Waals surface area (Å²) in [5.74, 6) is -3.00. The predicted octanol–water partition coefficient (Wildman–Crippen LogP) is -3.17. The molecule has 0 aliphatic carbocycles. The van der Waals surface area contributed by atoms with Crippen molar-refractivity contribution in [2.75, 3.05) is 0 Å². The smallest absolute Gasteiger partial charge is 0.872 e. The third kappa shape index (κ3) is 8.55. The first-order chi connectivity index (χ1) is 12.3. The Hall–Kier alpha value is -1.02. The Morgan fingerprint density at radius 2 is 1.07 bits per heavy atom. The zero-order valence-corrected chi connectivity index (χ0v) is 20.8. The SMILES string of the molecule is CCCc1cccc(C(=O)O)c1[O-].CCCc1cccc(C(=O)O)c1[O-].[Na+].[Na+]. The third-order valence-corrected chi connectivity index (χ3v) is 3.69. The second kappa shape index (κ2) is 14.9. The minimum Gasteiger partial charge on any atom is -0.872 e. The van der Waals surface area contributed by atoms with E-state index in [-0.39, 0.29) is 81.7 Å².